The topological polar surface area (TPSA) is 106 Å². The molecule has 1 saturated heterocycles. The Morgan fingerprint density at radius 1 is 1.43 bits per heavy atom. The number of carbonyl (C=O) groups is 2. The second kappa shape index (κ2) is 7.03. The number of nitrogens with zero attached hydrogens (tertiary/aromatic N) is 2. The summed E-state index contributed by atoms with van der Waals surface area (Å²) in [5.74, 6) is -1.38. The molecule has 1 aliphatic rings. The first-order chi connectivity index (χ1) is 10.1. The second-order valence-electron chi connectivity index (χ2n) is 4.96. The number of hydrogen-bond donors (Lipinski definition) is 2. The molecule has 1 aromatic rings. The van der Waals surface area contributed by atoms with Crippen LogP contribution in [0.25, 0.3) is 0 Å². The average Bonchev–Trinajstić information content (AvgIpc) is 2.48. The Labute approximate surface area is 122 Å². The van der Waals surface area contributed by atoms with Crippen LogP contribution in [0.5, 0.6) is 0 Å². The molecule has 3 N–H and O–H groups in total. The first-order valence-corrected chi connectivity index (χ1v) is 6.90. The van der Waals surface area contributed by atoms with E-state index in [0.717, 1.165) is 31.6 Å². The van der Waals surface area contributed by atoms with Crippen LogP contribution >= 0.6 is 0 Å². The number of rotatable bonds is 6. The maximum Gasteiger partial charge on any atom is 0.305 e. The van der Waals surface area contributed by atoms with Crippen LogP contribution in [0.4, 0.5) is 5.69 Å². The first kappa shape index (κ1) is 15.2. The van der Waals surface area contributed by atoms with Crippen molar-refractivity contribution in [2.24, 2.45) is 5.73 Å². The molecule has 2 rings (SSSR count). The highest BCUT2D eigenvalue weighted by Gasteiger charge is 2.20. The normalized spacial score (nSPS) is 15.9. The van der Waals surface area contributed by atoms with Gasteiger partial charge >= 0.3 is 5.97 Å². The summed E-state index contributed by atoms with van der Waals surface area (Å²) < 4.78 is 5.55. The van der Waals surface area contributed by atoms with Crippen molar-refractivity contribution in [1.29, 1.82) is 0 Å². The van der Waals surface area contributed by atoms with Crippen molar-refractivity contribution < 1.29 is 19.4 Å². The smallest absolute Gasteiger partial charge is 0.305 e. The first-order valence-electron chi connectivity index (χ1n) is 6.90. The predicted molar refractivity (Wildman–Crippen MR) is 76.2 cm³/mol. The second-order valence-corrected chi connectivity index (χ2v) is 4.96. The van der Waals surface area contributed by atoms with Crippen molar-refractivity contribution in [3.8, 4) is 0 Å². The van der Waals surface area contributed by atoms with E-state index in [2.05, 4.69) is 9.88 Å². The highest BCUT2D eigenvalue weighted by atomic mass is 16.5. The molecular weight excluding hydrogens is 274 g/mol. The van der Waals surface area contributed by atoms with Gasteiger partial charge in [-0.25, -0.2) is 0 Å². The molecule has 1 aromatic heterocycles. The number of hydrogen-bond acceptors (Lipinski definition) is 5. The van der Waals surface area contributed by atoms with E-state index in [0.29, 0.717) is 0 Å². The van der Waals surface area contributed by atoms with Gasteiger partial charge in [0.05, 0.1) is 19.1 Å². The lowest BCUT2D eigenvalue weighted by Crippen LogP contribution is -2.37. The Bertz CT molecular complexity index is 513. The van der Waals surface area contributed by atoms with Crippen LogP contribution in [0, 0.1) is 0 Å². The minimum absolute atomic E-state index is 0.0343. The number of carbonyl (C=O) groups excluding carboxylic acids is 1. The fourth-order valence-corrected chi connectivity index (χ4v) is 2.34. The van der Waals surface area contributed by atoms with Crippen LogP contribution < -0.4 is 10.6 Å². The van der Waals surface area contributed by atoms with E-state index in [1.54, 1.807) is 12.3 Å². The van der Waals surface area contributed by atoms with Gasteiger partial charge in [0.25, 0.3) is 5.91 Å². The Kier molecular flexibility index (Phi) is 5.10. The molecule has 21 heavy (non-hydrogen) atoms. The fraction of sp³-hybridized carbons (Fsp3) is 0.500. The van der Waals surface area contributed by atoms with Crippen molar-refractivity contribution in [1.82, 2.24) is 4.98 Å². The van der Waals surface area contributed by atoms with Crippen molar-refractivity contribution in [3.63, 3.8) is 0 Å². The van der Waals surface area contributed by atoms with E-state index >= 15 is 0 Å². The molecule has 0 spiro atoms. The number of ether oxygens (including phenoxy) is 1. The highest BCUT2D eigenvalue weighted by molar-refractivity contribution is 5.91. The lowest BCUT2D eigenvalue weighted by atomic mass is 10.1. The monoisotopic (exact) mass is 293 g/mol. The van der Waals surface area contributed by atoms with Gasteiger partial charge in [-0.05, 0) is 25.0 Å². The molecule has 7 heteroatoms. The van der Waals surface area contributed by atoms with Crippen LogP contribution in [0.1, 0.15) is 29.8 Å². The zero-order chi connectivity index (χ0) is 15.2. The molecule has 0 aromatic carbocycles. The standard InChI is InChI=1S/C14H19N3O4/c15-14(20)12-9-10(1-5-16-12)17-6-2-11(3-7-17)21-8-4-13(18)19/h1,5,9,11H,2-4,6-8H2,(H2,15,20)(H,18,19). The molecule has 0 atom stereocenters. The van der Waals surface area contributed by atoms with Gasteiger partial charge < -0.3 is 20.5 Å². The molecule has 0 radical (unpaired) electrons. The Balaban J connectivity index is 1.84. The summed E-state index contributed by atoms with van der Waals surface area (Å²) in [6, 6.07) is 3.53. The van der Waals surface area contributed by atoms with Crippen LogP contribution in [0.15, 0.2) is 18.3 Å². The summed E-state index contributed by atoms with van der Waals surface area (Å²) in [7, 11) is 0. The van der Waals surface area contributed by atoms with E-state index in [4.69, 9.17) is 15.6 Å². The van der Waals surface area contributed by atoms with Crippen LogP contribution in [0.3, 0.4) is 0 Å². The fourth-order valence-electron chi connectivity index (χ4n) is 2.34. The summed E-state index contributed by atoms with van der Waals surface area (Å²) in [4.78, 5) is 27.6. The lowest BCUT2D eigenvalue weighted by Gasteiger charge is -2.33. The van der Waals surface area contributed by atoms with E-state index in [9.17, 15) is 9.59 Å². The largest absolute Gasteiger partial charge is 0.481 e. The molecule has 0 unspecified atom stereocenters. The maximum atomic E-state index is 11.1. The SMILES string of the molecule is NC(=O)c1cc(N2CCC(OCCC(=O)O)CC2)ccn1. The molecule has 2 heterocycles. The van der Waals surface area contributed by atoms with Crippen molar-refractivity contribution in [3.05, 3.63) is 24.0 Å². The predicted octanol–water partition coefficient (Wildman–Crippen LogP) is 0.641. The molecule has 114 valence electrons. The molecule has 7 nitrogen and oxygen atoms in total. The number of anilines is 1. The van der Waals surface area contributed by atoms with E-state index in [1.807, 2.05) is 6.07 Å². The number of piperidine rings is 1. The lowest BCUT2D eigenvalue weighted by molar-refractivity contribution is -0.138. The average molecular weight is 293 g/mol. The Hall–Kier alpha value is -2.15. The third kappa shape index (κ3) is 4.42. The molecule has 0 saturated carbocycles. The van der Waals surface area contributed by atoms with Crippen molar-refractivity contribution >= 4 is 17.6 Å². The number of pyridine rings is 1. The Morgan fingerprint density at radius 2 is 2.14 bits per heavy atom. The van der Waals surface area contributed by atoms with Gasteiger partial charge in [0.2, 0.25) is 0 Å². The molecule has 1 fully saturated rings. The van der Waals surface area contributed by atoms with Gasteiger partial charge in [-0.1, -0.05) is 0 Å². The summed E-state index contributed by atoms with van der Waals surface area (Å²) in [5, 5.41) is 8.57. The van der Waals surface area contributed by atoms with E-state index < -0.39 is 11.9 Å². The number of aromatic nitrogens is 1. The van der Waals surface area contributed by atoms with Crippen LogP contribution in [-0.4, -0.2) is 47.8 Å². The molecule has 1 amide bonds. The van der Waals surface area contributed by atoms with Gasteiger partial charge in [0.15, 0.2) is 0 Å². The van der Waals surface area contributed by atoms with Gasteiger partial charge in [0.1, 0.15) is 5.69 Å². The summed E-state index contributed by atoms with van der Waals surface area (Å²) in [6.07, 6.45) is 3.36. The zero-order valence-corrected chi connectivity index (χ0v) is 11.7. The van der Waals surface area contributed by atoms with Crippen LogP contribution in [-0.2, 0) is 9.53 Å². The van der Waals surface area contributed by atoms with Gasteiger partial charge in [0, 0.05) is 25.0 Å². The minimum Gasteiger partial charge on any atom is -0.481 e. The highest BCUT2D eigenvalue weighted by Crippen LogP contribution is 2.21. The maximum absolute atomic E-state index is 11.1. The zero-order valence-electron chi connectivity index (χ0n) is 11.7. The van der Waals surface area contributed by atoms with E-state index in [-0.39, 0.29) is 24.8 Å². The summed E-state index contributed by atoms with van der Waals surface area (Å²) in [5.41, 5.74) is 6.40. The molecular formula is C14H19N3O4. The van der Waals surface area contributed by atoms with Crippen molar-refractivity contribution in [2.45, 2.75) is 25.4 Å². The number of carboxylic acids is 1. The van der Waals surface area contributed by atoms with Crippen molar-refractivity contribution in [2.75, 3.05) is 24.6 Å². The van der Waals surface area contributed by atoms with Gasteiger partial charge in [-0.3, -0.25) is 14.6 Å². The molecule has 0 aliphatic carbocycles. The third-order valence-electron chi connectivity index (χ3n) is 3.47. The molecule has 1 aliphatic heterocycles. The Morgan fingerprint density at radius 3 is 2.76 bits per heavy atom. The summed E-state index contributed by atoms with van der Waals surface area (Å²) >= 11 is 0. The quantitative estimate of drug-likeness (QED) is 0.797. The molecule has 0 bridgehead atoms. The number of aliphatic carboxylic acids is 1. The number of amides is 1. The van der Waals surface area contributed by atoms with Crippen LogP contribution in [0.2, 0.25) is 0 Å². The van der Waals surface area contributed by atoms with E-state index in [1.165, 1.54) is 0 Å². The minimum atomic E-state index is -0.844. The summed E-state index contributed by atoms with van der Waals surface area (Å²) in [6.45, 7) is 1.83. The number of primary amides is 1. The number of carboxylic acid groups (broad SMARTS) is 1. The van der Waals surface area contributed by atoms with Gasteiger partial charge in [-0.2, -0.15) is 0 Å². The third-order valence-corrected chi connectivity index (χ3v) is 3.47. The number of nitrogens with two attached hydrogens (primary N) is 1. The van der Waals surface area contributed by atoms with Gasteiger partial charge in [-0.15, -0.1) is 0 Å².